The van der Waals surface area contributed by atoms with Crippen molar-refractivity contribution in [1.82, 2.24) is 5.32 Å². The third-order valence-corrected chi connectivity index (χ3v) is 6.17. The summed E-state index contributed by atoms with van der Waals surface area (Å²) < 4.78 is 25.6. The van der Waals surface area contributed by atoms with Gasteiger partial charge < -0.3 is 10.2 Å². The van der Waals surface area contributed by atoms with Crippen molar-refractivity contribution in [2.24, 2.45) is 0 Å². The molecule has 0 unspecified atom stereocenters. The molecular formula is C19H23Cl2N3O3S. The molecule has 0 aliphatic rings. The van der Waals surface area contributed by atoms with Crippen molar-refractivity contribution in [2.75, 3.05) is 35.6 Å². The molecule has 0 heterocycles. The Morgan fingerprint density at radius 1 is 1.07 bits per heavy atom. The molecule has 0 saturated heterocycles. The van der Waals surface area contributed by atoms with Gasteiger partial charge in [-0.05, 0) is 37.3 Å². The van der Waals surface area contributed by atoms with E-state index in [0.29, 0.717) is 18.1 Å². The number of halogens is 2. The highest BCUT2D eigenvalue weighted by Crippen LogP contribution is 2.29. The Morgan fingerprint density at radius 2 is 1.71 bits per heavy atom. The number of anilines is 2. The molecule has 1 amide bonds. The Kier molecular flexibility index (Phi) is 7.57. The van der Waals surface area contributed by atoms with Gasteiger partial charge in [-0.2, -0.15) is 0 Å². The molecule has 1 N–H and O–H groups in total. The smallest absolute Gasteiger partial charge is 0.243 e. The fraction of sp³-hybridized carbons (Fsp3) is 0.316. The Balaban J connectivity index is 2.06. The molecule has 0 aliphatic heterocycles. The molecule has 0 radical (unpaired) electrons. The molecule has 2 rings (SSSR count). The normalized spacial score (nSPS) is 12.3. The largest absolute Gasteiger partial charge is 0.373 e. The number of sulfonamides is 1. The lowest BCUT2D eigenvalue weighted by Gasteiger charge is -2.29. The maximum atomic E-state index is 12.6. The standard InChI is InChI=1S/C19H23Cl2N3O3S/c1-14(19(25)22-11-12-23(2)15-7-5-4-6-8-15)24(28(3,26)27)16-9-10-17(20)18(21)13-16/h4-10,13-14H,11-12H2,1-3H3,(H,22,25)/t14-/m0/s1. The SMILES string of the molecule is C[C@@H](C(=O)NCCN(C)c1ccccc1)N(c1ccc(Cl)c(Cl)c1)S(C)(=O)=O. The van der Waals surface area contributed by atoms with Gasteiger partial charge in [0.05, 0.1) is 22.0 Å². The first-order valence-corrected chi connectivity index (χ1v) is 11.2. The average Bonchev–Trinajstić information content (AvgIpc) is 2.64. The van der Waals surface area contributed by atoms with Crippen LogP contribution in [0.3, 0.4) is 0 Å². The lowest BCUT2D eigenvalue weighted by molar-refractivity contribution is -0.121. The summed E-state index contributed by atoms with van der Waals surface area (Å²) in [4.78, 5) is 14.6. The lowest BCUT2D eigenvalue weighted by Crippen LogP contribution is -2.49. The van der Waals surface area contributed by atoms with Gasteiger partial charge in [0.1, 0.15) is 6.04 Å². The van der Waals surface area contributed by atoms with E-state index >= 15 is 0 Å². The predicted octanol–water partition coefficient (Wildman–Crippen LogP) is 3.40. The minimum atomic E-state index is -3.72. The maximum Gasteiger partial charge on any atom is 0.243 e. The zero-order chi connectivity index (χ0) is 20.9. The molecule has 9 heteroatoms. The quantitative estimate of drug-likeness (QED) is 0.678. The van der Waals surface area contributed by atoms with Crippen LogP contribution in [0.5, 0.6) is 0 Å². The fourth-order valence-electron chi connectivity index (χ4n) is 2.74. The van der Waals surface area contributed by atoms with Crippen molar-refractivity contribution >= 4 is 50.5 Å². The van der Waals surface area contributed by atoms with Gasteiger partial charge in [-0.15, -0.1) is 0 Å². The lowest BCUT2D eigenvalue weighted by atomic mass is 10.2. The molecular weight excluding hydrogens is 421 g/mol. The summed E-state index contributed by atoms with van der Waals surface area (Å²) in [5.74, 6) is -0.405. The molecule has 28 heavy (non-hydrogen) atoms. The van der Waals surface area contributed by atoms with Crippen LogP contribution in [0, 0.1) is 0 Å². The Bertz CT molecular complexity index is 923. The van der Waals surface area contributed by atoms with Gasteiger partial charge in [0.15, 0.2) is 0 Å². The number of rotatable bonds is 8. The van der Waals surface area contributed by atoms with E-state index in [9.17, 15) is 13.2 Å². The number of carbonyl (C=O) groups excluding carboxylic acids is 1. The van der Waals surface area contributed by atoms with Crippen molar-refractivity contribution < 1.29 is 13.2 Å². The van der Waals surface area contributed by atoms with Gasteiger partial charge in [0, 0.05) is 25.8 Å². The van der Waals surface area contributed by atoms with E-state index in [-0.39, 0.29) is 10.7 Å². The molecule has 0 saturated carbocycles. The minimum Gasteiger partial charge on any atom is -0.373 e. The van der Waals surface area contributed by atoms with E-state index in [0.717, 1.165) is 16.2 Å². The highest BCUT2D eigenvalue weighted by Gasteiger charge is 2.29. The first-order valence-electron chi connectivity index (χ1n) is 8.59. The molecule has 0 aliphatic carbocycles. The Labute approximate surface area is 176 Å². The van der Waals surface area contributed by atoms with Gasteiger partial charge in [-0.1, -0.05) is 41.4 Å². The summed E-state index contributed by atoms with van der Waals surface area (Å²) in [6.45, 7) is 2.47. The van der Waals surface area contributed by atoms with Crippen LogP contribution in [-0.4, -0.2) is 46.8 Å². The van der Waals surface area contributed by atoms with E-state index in [1.807, 2.05) is 42.3 Å². The summed E-state index contributed by atoms with van der Waals surface area (Å²) >= 11 is 11.9. The molecule has 1 atom stereocenters. The molecule has 2 aromatic rings. The Morgan fingerprint density at radius 3 is 2.29 bits per heavy atom. The second-order valence-electron chi connectivity index (χ2n) is 6.38. The maximum absolute atomic E-state index is 12.6. The van der Waals surface area contributed by atoms with E-state index < -0.39 is 22.0 Å². The van der Waals surface area contributed by atoms with Gasteiger partial charge in [-0.25, -0.2) is 8.42 Å². The van der Waals surface area contributed by atoms with Crippen molar-refractivity contribution in [2.45, 2.75) is 13.0 Å². The van der Waals surface area contributed by atoms with Crippen LogP contribution >= 0.6 is 23.2 Å². The zero-order valence-electron chi connectivity index (χ0n) is 15.9. The van der Waals surface area contributed by atoms with Crippen molar-refractivity contribution in [3.05, 3.63) is 58.6 Å². The fourth-order valence-corrected chi connectivity index (χ4v) is 4.20. The second kappa shape index (κ2) is 9.49. The molecule has 0 bridgehead atoms. The number of para-hydroxylation sites is 1. The zero-order valence-corrected chi connectivity index (χ0v) is 18.2. The van der Waals surface area contributed by atoms with Crippen LogP contribution in [0.1, 0.15) is 6.92 Å². The number of benzene rings is 2. The van der Waals surface area contributed by atoms with Crippen molar-refractivity contribution in [3.63, 3.8) is 0 Å². The van der Waals surface area contributed by atoms with Crippen LogP contribution in [0.2, 0.25) is 10.0 Å². The van der Waals surface area contributed by atoms with Gasteiger partial charge in [-0.3, -0.25) is 9.10 Å². The van der Waals surface area contributed by atoms with E-state index in [2.05, 4.69) is 5.32 Å². The number of likely N-dealkylation sites (N-methyl/N-ethyl adjacent to an activating group) is 1. The van der Waals surface area contributed by atoms with Crippen molar-refractivity contribution in [3.8, 4) is 0 Å². The predicted molar refractivity (Wildman–Crippen MR) is 116 cm³/mol. The number of nitrogens with zero attached hydrogens (tertiary/aromatic N) is 2. The molecule has 0 fully saturated rings. The third-order valence-electron chi connectivity index (χ3n) is 4.19. The monoisotopic (exact) mass is 443 g/mol. The summed E-state index contributed by atoms with van der Waals surface area (Å²) in [5.41, 5.74) is 1.30. The first-order chi connectivity index (χ1) is 13.1. The summed E-state index contributed by atoms with van der Waals surface area (Å²) in [6, 6.07) is 13.2. The van der Waals surface area contributed by atoms with Crippen molar-refractivity contribution in [1.29, 1.82) is 0 Å². The molecule has 2 aromatic carbocycles. The van der Waals surface area contributed by atoms with Gasteiger partial charge in [0.25, 0.3) is 0 Å². The van der Waals surface area contributed by atoms with Crippen LogP contribution < -0.4 is 14.5 Å². The Hall–Kier alpha value is -1.96. The van der Waals surface area contributed by atoms with Crippen LogP contribution in [0.15, 0.2) is 48.5 Å². The highest BCUT2D eigenvalue weighted by atomic mass is 35.5. The number of amides is 1. The topological polar surface area (TPSA) is 69.7 Å². The summed E-state index contributed by atoms with van der Waals surface area (Å²) in [6.07, 6.45) is 1.04. The van der Waals surface area contributed by atoms with E-state index in [1.54, 1.807) is 0 Å². The van der Waals surface area contributed by atoms with Gasteiger partial charge >= 0.3 is 0 Å². The number of hydrogen-bond donors (Lipinski definition) is 1. The molecule has 6 nitrogen and oxygen atoms in total. The van der Waals surface area contributed by atoms with E-state index in [1.165, 1.54) is 25.1 Å². The van der Waals surface area contributed by atoms with Gasteiger partial charge in [0.2, 0.25) is 15.9 Å². The van der Waals surface area contributed by atoms with Crippen LogP contribution in [0.4, 0.5) is 11.4 Å². The average molecular weight is 444 g/mol. The number of carbonyl (C=O) groups is 1. The summed E-state index contributed by atoms with van der Waals surface area (Å²) in [7, 11) is -1.80. The molecule has 0 aromatic heterocycles. The minimum absolute atomic E-state index is 0.213. The molecule has 0 spiro atoms. The molecule has 152 valence electrons. The second-order valence-corrected chi connectivity index (χ2v) is 9.06. The summed E-state index contributed by atoms with van der Waals surface area (Å²) in [5, 5.41) is 3.30. The van der Waals surface area contributed by atoms with Crippen LogP contribution in [0.25, 0.3) is 0 Å². The highest BCUT2D eigenvalue weighted by molar-refractivity contribution is 7.92. The third kappa shape index (κ3) is 5.77. The van der Waals surface area contributed by atoms with E-state index in [4.69, 9.17) is 23.2 Å². The number of hydrogen-bond acceptors (Lipinski definition) is 4. The number of nitrogens with one attached hydrogen (secondary N) is 1. The van der Waals surface area contributed by atoms with Crippen LogP contribution in [-0.2, 0) is 14.8 Å². The first kappa shape index (κ1) is 22.3.